The van der Waals surface area contributed by atoms with Gasteiger partial charge in [-0.3, -0.25) is 0 Å². The van der Waals surface area contributed by atoms with Crippen molar-refractivity contribution in [2.24, 2.45) is 0 Å². The first-order valence-corrected chi connectivity index (χ1v) is 8.79. The molecular formula is C15H22N2O4S. The van der Waals surface area contributed by atoms with Crippen LogP contribution in [0.3, 0.4) is 0 Å². The minimum atomic E-state index is -3.53. The smallest absolute Gasteiger partial charge is 0.410 e. The summed E-state index contributed by atoms with van der Waals surface area (Å²) < 4.78 is 30.4. The van der Waals surface area contributed by atoms with E-state index in [4.69, 9.17) is 4.74 Å². The molecular weight excluding hydrogens is 304 g/mol. The summed E-state index contributed by atoms with van der Waals surface area (Å²) in [7, 11) is -3.53. The first-order valence-electron chi connectivity index (χ1n) is 7.24. The Hall–Kier alpha value is -1.63. The Morgan fingerprint density at radius 1 is 1.36 bits per heavy atom. The third-order valence-electron chi connectivity index (χ3n) is 3.41. The van der Waals surface area contributed by atoms with Gasteiger partial charge in [0.1, 0.15) is 5.60 Å². The number of amides is 1. The predicted octanol–water partition coefficient (Wildman–Crippen LogP) is 2.17. The van der Waals surface area contributed by atoms with Crippen LogP contribution in [0, 0.1) is 6.92 Å². The lowest BCUT2D eigenvalue weighted by Gasteiger charge is -2.24. The van der Waals surface area contributed by atoms with Crippen molar-refractivity contribution in [3.8, 4) is 0 Å². The zero-order valence-electron chi connectivity index (χ0n) is 13.4. The van der Waals surface area contributed by atoms with E-state index in [2.05, 4.69) is 4.98 Å². The summed E-state index contributed by atoms with van der Waals surface area (Å²) >= 11 is 0. The Bertz CT molecular complexity index is 647. The Kier molecular flexibility index (Phi) is 4.47. The fourth-order valence-corrected chi connectivity index (χ4v) is 3.86. The fraction of sp³-hybridized carbons (Fsp3) is 0.600. The van der Waals surface area contributed by atoms with Crippen LogP contribution in [0.1, 0.15) is 32.8 Å². The Balaban J connectivity index is 2.09. The van der Waals surface area contributed by atoms with Crippen LogP contribution in [0.2, 0.25) is 0 Å². The van der Waals surface area contributed by atoms with Crippen LogP contribution in [0.4, 0.5) is 4.79 Å². The van der Waals surface area contributed by atoms with E-state index in [1.54, 1.807) is 26.8 Å². The van der Waals surface area contributed by atoms with Crippen molar-refractivity contribution in [1.82, 2.24) is 9.88 Å². The second kappa shape index (κ2) is 5.87. The maximum atomic E-state index is 12.6. The normalized spacial score (nSPS) is 19.3. The second-order valence-corrected chi connectivity index (χ2v) is 8.73. The first-order chi connectivity index (χ1) is 10.1. The van der Waals surface area contributed by atoms with Crippen molar-refractivity contribution in [3.63, 3.8) is 0 Å². The van der Waals surface area contributed by atoms with Crippen LogP contribution >= 0.6 is 0 Å². The van der Waals surface area contributed by atoms with Crippen molar-refractivity contribution in [1.29, 1.82) is 0 Å². The molecule has 1 atom stereocenters. The van der Waals surface area contributed by atoms with E-state index in [9.17, 15) is 13.2 Å². The zero-order valence-corrected chi connectivity index (χ0v) is 14.2. The van der Waals surface area contributed by atoms with Crippen LogP contribution in [0.15, 0.2) is 23.4 Å². The van der Waals surface area contributed by atoms with E-state index >= 15 is 0 Å². The van der Waals surface area contributed by atoms with Gasteiger partial charge in [-0.1, -0.05) is 6.07 Å². The fourth-order valence-electron chi connectivity index (χ4n) is 2.27. The van der Waals surface area contributed by atoms with Crippen molar-refractivity contribution in [2.75, 3.05) is 13.1 Å². The van der Waals surface area contributed by atoms with Gasteiger partial charge in [0.05, 0.1) is 5.25 Å². The number of pyridine rings is 1. The molecule has 1 fully saturated rings. The molecule has 1 aliphatic heterocycles. The molecule has 2 rings (SSSR count). The zero-order chi connectivity index (χ0) is 16.5. The Morgan fingerprint density at radius 3 is 2.59 bits per heavy atom. The lowest BCUT2D eigenvalue weighted by atomic mass is 10.2. The molecule has 0 bridgehead atoms. The van der Waals surface area contributed by atoms with Crippen molar-refractivity contribution in [2.45, 2.75) is 50.0 Å². The first kappa shape index (κ1) is 16.7. The van der Waals surface area contributed by atoms with Gasteiger partial charge in [-0.25, -0.2) is 18.2 Å². The molecule has 0 radical (unpaired) electrons. The molecule has 1 aromatic heterocycles. The van der Waals surface area contributed by atoms with Gasteiger partial charge in [0.25, 0.3) is 0 Å². The molecule has 1 aromatic rings. The molecule has 6 nitrogen and oxygen atoms in total. The molecule has 22 heavy (non-hydrogen) atoms. The molecule has 2 heterocycles. The molecule has 0 saturated carbocycles. The number of hydrogen-bond acceptors (Lipinski definition) is 5. The van der Waals surface area contributed by atoms with Gasteiger partial charge in [-0.15, -0.1) is 0 Å². The monoisotopic (exact) mass is 326 g/mol. The van der Waals surface area contributed by atoms with E-state index in [1.165, 1.54) is 17.2 Å². The van der Waals surface area contributed by atoms with E-state index in [0.29, 0.717) is 13.0 Å². The van der Waals surface area contributed by atoms with Crippen LogP contribution in [0.5, 0.6) is 0 Å². The number of nitrogens with zero attached hydrogens (tertiary/aromatic N) is 2. The minimum Gasteiger partial charge on any atom is -0.444 e. The Morgan fingerprint density at radius 2 is 2.05 bits per heavy atom. The van der Waals surface area contributed by atoms with Crippen molar-refractivity contribution < 1.29 is 17.9 Å². The molecule has 0 spiro atoms. The molecule has 122 valence electrons. The SMILES string of the molecule is Cc1ccc(S(=O)(=O)[C@H]2CCN(C(=O)OC(C)(C)C)C2)nc1. The van der Waals surface area contributed by atoms with Gasteiger partial charge in [-0.05, 0) is 45.7 Å². The minimum absolute atomic E-state index is 0.0640. The molecule has 0 unspecified atom stereocenters. The van der Waals surface area contributed by atoms with Gasteiger partial charge < -0.3 is 9.64 Å². The molecule has 0 aromatic carbocycles. The second-order valence-electron chi connectivity index (χ2n) is 6.56. The summed E-state index contributed by atoms with van der Waals surface area (Å²) in [6, 6.07) is 3.24. The highest BCUT2D eigenvalue weighted by Gasteiger charge is 2.38. The van der Waals surface area contributed by atoms with Gasteiger partial charge in [0, 0.05) is 19.3 Å². The van der Waals surface area contributed by atoms with E-state index < -0.39 is 26.8 Å². The summed E-state index contributed by atoms with van der Waals surface area (Å²) in [5, 5.41) is -0.565. The maximum Gasteiger partial charge on any atom is 0.410 e. The van der Waals surface area contributed by atoms with Gasteiger partial charge in [-0.2, -0.15) is 0 Å². The maximum absolute atomic E-state index is 12.6. The van der Waals surface area contributed by atoms with Gasteiger partial charge in [0.15, 0.2) is 14.9 Å². The lowest BCUT2D eigenvalue weighted by Crippen LogP contribution is -2.36. The number of hydrogen-bond donors (Lipinski definition) is 0. The predicted molar refractivity (Wildman–Crippen MR) is 82.4 cm³/mol. The highest BCUT2D eigenvalue weighted by molar-refractivity contribution is 7.92. The molecule has 1 amide bonds. The molecule has 0 aliphatic carbocycles. The summed E-state index contributed by atoms with van der Waals surface area (Å²) in [4.78, 5) is 17.5. The largest absolute Gasteiger partial charge is 0.444 e. The van der Waals surface area contributed by atoms with Crippen molar-refractivity contribution >= 4 is 15.9 Å². The number of rotatable bonds is 2. The van der Waals surface area contributed by atoms with E-state index in [1.807, 2.05) is 6.92 Å². The third-order valence-corrected chi connectivity index (χ3v) is 5.50. The average molecular weight is 326 g/mol. The quantitative estimate of drug-likeness (QED) is 0.832. The summed E-state index contributed by atoms with van der Waals surface area (Å²) in [5.74, 6) is 0. The average Bonchev–Trinajstić information content (AvgIpc) is 2.87. The Labute approximate surface area is 131 Å². The third kappa shape index (κ3) is 3.76. The molecule has 7 heteroatoms. The molecule has 0 N–H and O–H groups in total. The lowest BCUT2D eigenvalue weighted by molar-refractivity contribution is 0.0295. The van der Waals surface area contributed by atoms with Crippen LogP contribution in [-0.2, 0) is 14.6 Å². The number of ether oxygens (including phenoxy) is 1. The number of aromatic nitrogens is 1. The van der Waals surface area contributed by atoms with Crippen LogP contribution in [0.25, 0.3) is 0 Å². The summed E-state index contributed by atoms with van der Waals surface area (Å²) in [6.45, 7) is 7.73. The van der Waals surface area contributed by atoms with Crippen LogP contribution in [-0.4, -0.2) is 48.3 Å². The highest BCUT2D eigenvalue weighted by Crippen LogP contribution is 2.24. The summed E-state index contributed by atoms with van der Waals surface area (Å²) in [5.41, 5.74) is 0.313. The van der Waals surface area contributed by atoms with Gasteiger partial charge in [0.2, 0.25) is 0 Å². The number of carbonyl (C=O) groups is 1. The van der Waals surface area contributed by atoms with Crippen LogP contribution < -0.4 is 0 Å². The molecule has 1 saturated heterocycles. The molecule has 1 aliphatic rings. The number of likely N-dealkylation sites (tertiary alicyclic amines) is 1. The number of aryl methyl sites for hydroxylation is 1. The number of sulfone groups is 1. The highest BCUT2D eigenvalue weighted by atomic mass is 32.2. The van der Waals surface area contributed by atoms with E-state index in [0.717, 1.165) is 5.56 Å². The van der Waals surface area contributed by atoms with Crippen molar-refractivity contribution in [3.05, 3.63) is 23.9 Å². The van der Waals surface area contributed by atoms with Gasteiger partial charge >= 0.3 is 6.09 Å². The number of carbonyl (C=O) groups excluding carboxylic acids is 1. The topological polar surface area (TPSA) is 76.6 Å². The van der Waals surface area contributed by atoms with E-state index in [-0.39, 0.29) is 11.6 Å². The standard InChI is InChI=1S/C15H22N2O4S/c1-11-5-6-13(16-9-11)22(19,20)12-7-8-17(10-12)14(18)21-15(2,3)4/h5-6,9,12H,7-8,10H2,1-4H3/t12-/m0/s1. The summed E-state index contributed by atoms with van der Waals surface area (Å²) in [6.07, 6.45) is 1.46.